The number of phenols is 1. The molecule has 4 N–H and O–H groups in total. The number of ether oxygens (including phenoxy) is 2. The van der Waals surface area contributed by atoms with E-state index in [9.17, 15) is 38.6 Å². The van der Waals surface area contributed by atoms with Crippen LogP contribution < -0.4 is 14.8 Å². The van der Waals surface area contributed by atoms with Gasteiger partial charge < -0.3 is 30.1 Å². The van der Waals surface area contributed by atoms with E-state index < -0.39 is 57.9 Å². The first-order chi connectivity index (χ1) is 19.9. The Balaban J connectivity index is 1.94. The summed E-state index contributed by atoms with van der Waals surface area (Å²) in [7, 11) is -1.61. The average Bonchev–Trinajstić information content (AvgIpc) is 2.96. The maximum Gasteiger partial charge on any atom is 0.269 e. The number of methoxy groups -OCH3 is 2. The molecule has 226 valence electrons. The van der Waals surface area contributed by atoms with Gasteiger partial charge in [0.2, 0.25) is 10.0 Å². The monoisotopic (exact) mass is 603 g/mol. The smallest absolute Gasteiger partial charge is 0.269 e. The molecular weight excluding hydrogens is 570 g/mol. The fourth-order valence-corrected chi connectivity index (χ4v) is 5.78. The summed E-state index contributed by atoms with van der Waals surface area (Å²) < 4.78 is 38.2. The molecule has 14 heteroatoms. The maximum absolute atomic E-state index is 13.5. The number of carbonyl (C=O) groups is 1. The fourth-order valence-electron chi connectivity index (χ4n) is 4.24. The number of non-ortho nitro benzene ring substituents is 1. The van der Waals surface area contributed by atoms with Gasteiger partial charge in [-0.3, -0.25) is 14.9 Å². The maximum atomic E-state index is 13.5. The molecule has 0 aliphatic carbocycles. The number of benzene rings is 3. The first kappa shape index (κ1) is 32.3. The minimum absolute atomic E-state index is 0.0852. The van der Waals surface area contributed by atoms with E-state index in [2.05, 4.69) is 5.32 Å². The van der Waals surface area contributed by atoms with E-state index >= 15 is 0 Å². The van der Waals surface area contributed by atoms with Crippen molar-refractivity contribution >= 4 is 21.6 Å². The fraction of sp³-hybridized carbons (Fsp3) is 0.321. The van der Waals surface area contributed by atoms with E-state index in [1.807, 2.05) is 0 Å². The third kappa shape index (κ3) is 7.94. The van der Waals surface area contributed by atoms with Gasteiger partial charge in [0.05, 0.1) is 47.9 Å². The van der Waals surface area contributed by atoms with Crippen LogP contribution in [0.15, 0.2) is 71.6 Å². The van der Waals surface area contributed by atoms with Gasteiger partial charge in [-0.1, -0.05) is 30.3 Å². The predicted molar refractivity (Wildman–Crippen MR) is 152 cm³/mol. The topological polar surface area (TPSA) is 189 Å². The number of aromatic hydroxyl groups is 1. The molecule has 0 saturated carbocycles. The number of aliphatic hydroxyl groups excluding tert-OH is 2. The van der Waals surface area contributed by atoms with Gasteiger partial charge in [0.25, 0.3) is 11.6 Å². The number of hydrogen-bond acceptors (Lipinski definition) is 10. The molecule has 0 bridgehead atoms. The van der Waals surface area contributed by atoms with Crippen LogP contribution in [-0.2, 0) is 16.4 Å². The second-order valence-electron chi connectivity index (χ2n) is 9.48. The lowest BCUT2D eigenvalue weighted by Gasteiger charge is -2.30. The Morgan fingerprint density at radius 3 is 2.14 bits per heavy atom. The lowest BCUT2D eigenvalue weighted by molar-refractivity contribution is -0.384. The number of hydrogen-bond donors (Lipinski definition) is 4. The molecule has 0 saturated heterocycles. The number of carbonyl (C=O) groups excluding carboxylic acids is 1. The first-order valence-electron chi connectivity index (χ1n) is 12.8. The summed E-state index contributed by atoms with van der Waals surface area (Å²) in [6.45, 7) is 0.423. The number of nitro benzene ring substituents is 1. The van der Waals surface area contributed by atoms with E-state index in [0.717, 1.165) is 34.1 Å². The third-order valence-electron chi connectivity index (χ3n) is 6.37. The van der Waals surface area contributed by atoms with Crippen LogP contribution in [0.5, 0.6) is 17.2 Å². The Morgan fingerprint density at radius 2 is 1.60 bits per heavy atom. The Morgan fingerprint density at radius 1 is 1.00 bits per heavy atom. The molecule has 3 aromatic carbocycles. The highest BCUT2D eigenvalue weighted by Crippen LogP contribution is 2.34. The van der Waals surface area contributed by atoms with Crippen LogP contribution in [0.25, 0.3) is 0 Å². The summed E-state index contributed by atoms with van der Waals surface area (Å²) in [5.41, 5.74) is 0.246. The summed E-state index contributed by atoms with van der Waals surface area (Å²) in [6, 6.07) is 14.5. The number of nitrogens with one attached hydrogen (secondary N) is 1. The molecule has 0 spiro atoms. The number of aliphatic hydroxyl groups is 2. The van der Waals surface area contributed by atoms with Crippen molar-refractivity contribution in [1.29, 1.82) is 0 Å². The molecule has 0 heterocycles. The first-order valence-corrected chi connectivity index (χ1v) is 14.2. The third-order valence-corrected chi connectivity index (χ3v) is 8.22. The summed E-state index contributed by atoms with van der Waals surface area (Å²) in [5, 5.41) is 45.5. The van der Waals surface area contributed by atoms with Gasteiger partial charge in [0, 0.05) is 37.4 Å². The van der Waals surface area contributed by atoms with E-state index in [-0.39, 0.29) is 34.1 Å². The van der Waals surface area contributed by atoms with Gasteiger partial charge in [0.1, 0.15) is 5.75 Å². The van der Waals surface area contributed by atoms with Gasteiger partial charge in [-0.15, -0.1) is 0 Å². The number of rotatable bonds is 14. The normalized spacial score (nSPS) is 13.7. The van der Waals surface area contributed by atoms with Crippen LogP contribution in [0.1, 0.15) is 22.8 Å². The molecule has 0 aliphatic rings. The second kappa shape index (κ2) is 14.1. The molecule has 3 aromatic rings. The molecule has 3 rings (SSSR count). The van der Waals surface area contributed by atoms with E-state index in [0.29, 0.717) is 0 Å². The lowest BCUT2D eigenvalue weighted by Crippen LogP contribution is -2.51. The van der Waals surface area contributed by atoms with Crippen molar-refractivity contribution in [1.82, 2.24) is 9.62 Å². The number of phenolic OH excluding ortho intramolecular Hbond substituents is 1. The Hall–Kier alpha value is -4.24. The molecule has 13 nitrogen and oxygen atoms in total. The minimum atomic E-state index is -4.34. The Kier molecular flexibility index (Phi) is 10.8. The summed E-state index contributed by atoms with van der Waals surface area (Å²) in [5.74, 6) is -0.807. The van der Waals surface area contributed by atoms with Crippen LogP contribution >= 0.6 is 0 Å². The van der Waals surface area contributed by atoms with Crippen molar-refractivity contribution in [3.63, 3.8) is 0 Å². The van der Waals surface area contributed by atoms with Gasteiger partial charge >= 0.3 is 0 Å². The predicted octanol–water partition coefficient (Wildman–Crippen LogP) is 2.09. The quantitative estimate of drug-likeness (QED) is 0.157. The van der Waals surface area contributed by atoms with Crippen LogP contribution in [-0.4, -0.2) is 84.4 Å². The van der Waals surface area contributed by atoms with Gasteiger partial charge in [-0.25, -0.2) is 8.42 Å². The van der Waals surface area contributed by atoms with Crippen molar-refractivity contribution in [2.75, 3.05) is 27.3 Å². The number of nitro groups is 1. The zero-order valence-electron chi connectivity index (χ0n) is 23.2. The Labute approximate surface area is 243 Å². The van der Waals surface area contributed by atoms with Gasteiger partial charge in [0.15, 0.2) is 11.5 Å². The van der Waals surface area contributed by atoms with Gasteiger partial charge in [-0.05, 0) is 31.0 Å². The second-order valence-corrected chi connectivity index (χ2v) is 11.4. The summed E-state index contributed by atoms with van der Waals surface area (Å²) in [4.78, 5) is 23.4. The number of amides is 1. The average molecular weight is 604 g/mol. The SMILES string of the molecule is COc1cc(O)c(C(=O)N[C@@H](Cc2ccccc2)[C@H](O)CN(C[C@@H](C)O)S(=O)(=O)c2ccc([N+](=O)[O-])cc2)cc1OC. The molecule has 0 aliphatic heterocycles. The molecular formula is C28H33N3O10S. The van der Waals surface area contributed by atoms with Crippen LogP contribution in [0.4, 0.5) is 5.69 Å². The van der Waals surface area contributed by atoms with E-state index in [1.165, 1.54) is 33.3 Å². The lowest BCUT2D eigenvalue weighted by atomic mass is 10.00. The molecule has 0 radical (unpaired) electrons. The summed E-state index contributed by atoms with van der Waals surface area (Å²) >= 11 is 0. The van der Waals surface area contributed by atoms with Crippen molar-refractivity contribution in [2.45, 2.75) is 36.5 Å². The largest absolute Gasteiger partial charge is 0.507 e. The van der Waals surface area contributed by atoms with Crippen LogP contribution in [0.3, 0.4) is 0 Å². The van der Waals surface area contributed by atoms with Crippen molar-refractivity contribution in [3.05, 3.63) is 88.0 Å². The zero-order valence-corrected chi connectivity index (χ0v) is 24.0. The molecule has 42 heavy (non-hydrogen) atoms. The number of nitrogens with zero attached hydrogens (tertiary/aromatic N) is 2. The van der Waals surface area contributed by atoms with Gasteiger partial charge in [-0.2, -0.15) is 4.31 Å². The Bertz CT molecular complexity index is 1480. The number of sulfonamides is 1. The molecule has 1 amide bonds. The highest BCUT2D eigenvalue weighted by Gasteiger charge is 2.32. The molecule has 0 fully saturated rings. The highest BCUT2D eigenvalue weighted by molar-refractivity contribution is 7.89. The van der Waals surface area contributed by atoms with E-state index in [4.69, 9.17) is 9.47 Å². The van der Waals surface area contributed by atoms with Crippen LogP contribution in [0.2, 0.25) is 0 Å². The van der Waals surface area contributed by atoms with Crippen molar-refractivity contribution < 1.29 is 42.9 Å². The molecule has 0 unspecified atom stereocenters. The highest BCUT2D eigenvalue weighted by atomic mass is 32.2. The minimum Gasteiger partial charge on any atom is -0.507 e. The standard InChI is InChI=1S/C28H33N3O10S/c1-18(32)16-30(42(38,39)21-11-9-20(10-12-21)31(36)37)17-25(34)23(13-19-7-5-4-6-8-19)29-28(35)22-14-26(40-2)27(41-3)15-24(22)33/h4-12,14-15,18,23,25,32-34H,13,16-17H2,1-3H3,(H,29,35)/t18-,23+,25-/m1/s1. The zero-order chi connectivity index (χ0) is 31.0. The van der Waals surface area contributed by atoms with Crippen molar-refractivity contribution in [2.24, 2.45) is 0 Å². The molecule has 0 aromatic heterocycles. The summed E-state index contributed by atoms with van der Waals surface area (Å²) in [6.07, 6.45) is -2.54. The van der Waals surface area contributed by atoms with Crippen molar-refractivity contribution in [3.8, 4) is 17.2 Å². The van der Waals surface area contributed by atoms with Crippen LogP contribution in [0, 0.1) is 10.1 Å². The van der Waals surface area contributed by atoms with E-state index in [1.54, 1.807) is 30.3 Å². The molecule has 3 atom stereocenters.